The van der Waals surface area contributed by atoms with E-state index in [1.54, 1.807) is 0 Å². The third kappa shape index (κ3) is 3.83. The maximum atomic E-state index is 13.1. The number of esters is 1. The molecule has 1 aliphatic carbocycles. The molecule has 4 heterocycles. The van der Waals surface area contributed by atoms with E-state index < -0.39 is 17.7 Å². The van der Waals surface area contributed by atoms with Crippen molar-refractivity contribution in [3.63, 3.8) is 0 Å². The van der Waals surface area contributed by atoms with Crippen molar-refractivity contribution in [2.75, 3.05) is 19.0 Å². The van der Waals surface area contributed by atoms with Crippen molar-refractivity contribution in [2.45, 2.75) is 76.5 Å². The number of hydrogen-bond donors (Lipinski definition) is 0. The molecule has 1 spiro atoms. The van der Waals surface area contributed by atoms with Crippen molar-refractivity contribution in [2.24, 2.45) is 23.7 Å². The Balaban J connectivity index is 0.00000245. The zero-order valence-electron chi connectivity index (χ0n) is 19.5. The summed E-state index contributed by atoms with van der Waals surface area (Å²) in [6.07, 6.45) is 5.84. The van der Waals surface area contributed by atoms with Gasteiger partial charge in [-0.05, 0) is 69.1 Å². The Hall–Kier alpha value is -1.34. The Morgan fingerprint density at radius 1 is 1.06 bits per heavy atom. The zero-order valence-corrected chi connectivity index (χ0v) is 20.4. The van der Waals surface area contributed by atoms with Gasteiger partial charge in [0.25, 0.3) is 0 Å². The fourth-order valence-electron chi connectivity index (χ4n) is 6.42. The molecule has 7 heteroatoms. The molecule has 0 radical (unpaired) electrons. The van der Waals surface area contributed by atoms with Gasteiger partial charge in [0, 0.05) is 38.0 Å². The number of carbonyl (C=O) groups is 1. The van der Waals surface area contributed by atoms with E-state index in [9.17, 15) is 4.79 Å². The minimum absolute atomic E-state index is 0. The molecule has 6 nitrogen and oxygen atoms in total. The van der Waals surface area contributed by atoms with E-state index in [0.717, 1.165) is 44.9 Å². The van der Waals surface area contributed by atoms with Crippen molar-refractivity contribution in [3.8, 4) is 0 Å². The van der Waals surface area contributed by atoms with Crippen LogP contribution in [0.5, 0.6) is 0 Å². The Bertz CT molecular complexity index is 832. The molecule has 1 saturated carbocycles. The highest BCUT2D eigenvalue weighted by atomic mass is 35.5. The molecule has 1 aromatic carbocycles. The van der Waals surface area contributed by atoms with Crippen LogP contribution < -0.4 is 4.90 Å². The number of aryl methyl sites for hydroxylation is 1. The lowest BCUT2D eigenvalue weighted by atomic mass is 9.57. The fraction of sp³-hybridized carbons (Fsp3) is 0.720. The smallest absolute Gasteiger partial charge is 0.311 e. The summed E-state index contributed by atoms with van der Waals surface area (Å²) in [6.45, 7) is 4.18. The number of anilines is 1. The van der Waals surface area contributed by atoms with Crippen molar-refractivity contribution in [3.05, 3.63) is 29.8 Å². The summed E-state index contributed by atoms with van der Waals surface area (Å²) in [5, 5.41) is 0. The summed E-state index contributed by atoms with van der Waals surface area (Å²) < 4.78 is 12.1. The second kappa shape index (κ2) is 8.79. The van der Waals surface area contributed by atoms with Crippen LogP contribution in [0.1, 0.15) is 57.9 Å². The molecule has 178 valence electrons. The Labute approximate surface area is 197 Å². The average molecular weight is 466 g/mol. The second-order valence-corrected chi connectivity index (χ2v) is 10.4. The molecular weight excluding hydrogens is 430 g/mol. The fourth-order valence-corrected chi connectivity index (χ4v) is 6.42. The number of nitrogens with zero attached hydrogens (tertiary/aromatic N) is 1. The quantitative estimate of drug-likeness (QED) is 0.456. The van der Waals surface area contributed by atoms with Gasteiger partial charge in [-0.3, -0.25) is 4.79 Å². The summed E-state index contributed by atoms with van der Waals surface area (Å²) in [5.41, 5.74) is 1.83. The largest absolute Gasteiger partial charge is 0.432 e. The molecule has 0 aromatic heterocycles. The predicted molar refractivity (Wildman–Crippen MR) is 123 cm³/mol. The van der Waals surface area contributed by atoms with E-state index in [0.29, 0.717) is 5.92 Å². The van der Waals surface area contributed by atoms with Crippen LogP contribution >= 0.6 is 12.4 Å². The number of hydrogen-bond acceptors (Lipinski definition) is 6. The molecule has 1 aromatic rings. The molecule has 5 aliphatic rings. The number of ether oxygens (including phenoxy) is 2. The van der Waals surface area contributed by atoms with Crippen LogP contribution in [-0.4, -0.2) is 37.7 Å². The maximum absolute atomic E-state index is 13.1. The zero-order chi connectivity index (χ0) is 21.8. The van der Waals surface area contributed by atoms with Crippen LogP contribution in [0.3, 0.4) is 0 Å². The van der Waals surface area contributed by atoms with Crippen molar-refractivity contribution >= 4 is 24.1 Å². The van der Waals surface area contributed by atoms with E-state index in [1.807, 2.05) is 21.0 Å². The summed E-state index contributed by atoms with van der Waals surface area (Å²) in [7, 11) is 4.09. The number of rotatable bonds is 5. The summed E-state index contributed by atoms with van der Waals surface area (Å²) >= 11 is 0. The molecular formula is C25H36ClNO5. The van der Waals surface area contributed by atoms with E-state index in [2.05, 4.69) is 36.1 Å². The SMILES string of the molecule is C[C@@H]1CC[C@H]2[C@@H](CCCc3ccc(N(C)C)cc3)C(=O)O[C@@H]3O[C@]4(C)CC[C@@H]1[C@]32OO4.Cl. The normalized spacial score (nSPS) is 40.0. The van der Waals surface area contributed by atoms with Crippen LogP contribution in [-0.2, 0) is 30.5 Å². The number of fused-ring (bicyclic) bond motifs is 2. The lowest BCUT2D eigenvalue weighted by Gasteiger charge is -2.58. The van der Waals surface area contributed by atoms with Gasteiger partial charge >= 0.3 is 5.97 Å². The van der Waals surface area contributed by atoms with E-state index in [1.165, 1.54) is 11.3 Å². The number of halogens is 1. The van der Waals surface area contributed by atoms with E-state index in [-0.39, 0.29) is 36.1 Å². The summed E-state index contributed by atoms with van der Waals surface area (Å²) in [5.74, 6) is -0.255. The minimum atomic E-state index is -0.830. The molecule has 6 rings (SSSR count). The van der Waals surface area contributed by atoms with Crippen LogP contribution in [0.15, 0.2) is 24.3 Å². The Kier molecular flexibility index (Phi) is 6.54. The number of carbonyl (C=O) groups excluding carboxylic acids is 1. The Morgan fingerprint density at radius 2 is 1.81 bits per heavy atom. The molecule has 4 saturated heterocycles. The topological polar surface area (TPSA) is 57.2 Å². The first-order valence-electron chi connectivity index (χ1n) is 11.8. The minimum Gasteiger partial charge on any atom is -0.432 e. The molecule has 5 fully saturated rings. The standard InChI is InChI=1S/C25H35NO5.ClH/c1-16-8-13-21-19(7-5-6-17-9-11-18(12-10-17)26(3)4)22(27)28-23-25(21)20(16)14-15-24(2,29-23)30-31-25;/h9-12,16,19-21,23H,5-8,13-15H2,1-4H3;1H/t16-,19-,20+,21+,23-,24+,25-;/m1./s1. The highest BCUT2D eigenvalue weighted by molar-refractivity contribution is 5.85. The van der Waals surface area contributed by atoms with Crippen molar-refractivity contribution in [1.29, 1.82) is 0 Å². The van der Waals surface area contributed by atoms with Crippen molar-refractivity contribution < 1.29 is 24.0 Å². The van der Waals surface area contributed by atoms with Crippen molar-refractivity contribution in [1.82, 2.24) is 0 Å². The van der Waals surface area contributed by atoms with Crippen LogP contribution in [0.4, 0.5) is 5.69 Å². The third-order valence-electron chi connectivity index (χ3n) is 8.22. The van der Waals surface area contributed by atoms with Gasteiger partial charge in [-0.2, -0.15) is 0 Å². The van der Waals surface area contributed by atoms with E-state index in [4.69, 9.17) is 19.2 Å². The molecule has 4 aliphatic heterocycles. The van der Waals surface area contributed by atoms with Gasteiger partial charge in [0.1, 0.15) is 0 Å². The predicted octanol–water partition coefficient (Wildman–Crippen LogP) is 4.89. The van der Waals surface area contributed by atoms with Gasteiger partial charge in [0.15, 0.2) is 5.60 Å². The number of benzene rings is 1. The highest BCUT2D eigenvalue weighted by Gasteiger charge is 2.70. The first kappa shape index (κ1) is 23.8. The second-order valence-electron chi connectivity index (χ2n) is 10.4. The summed E-state index contributed by atoms with van der Waals surface area (Å²) in [6, 6.07) is 8.65. The molecule has 0 N–H and O–H groups in total. The first-order chi connectivity index (χ1) is 14.8. The monoisotopic (exact) mass is 465 g/mol. The molecule has 2 bridgehead atoms. The summed E-state index contributed by atoms with van der Waals surface area (Å²) in [4.78, 5) is 27.2. The van der Waals surface area contributed by atoms with Gasteiger partial charge in [-0.1, -0.05) is 19.1 Å². The molecule has 0 amide bonds. The van der Waals surface area contributed by atoms with Crippen LogP contribution in [0.25, 0.3) is 0 Å². The third-order valence-corrected chi connectivity index (χ3v) is 8.22. The van der Waals surface area contributed by atoms with Gasteiger partial charge in [-0.15, -0.1) is 12.4 Å². The molecule has 7 atom stereocenters. The lowest BCUT2D eigenvalue weighted by molar-refractivity contribution is -0.559. The molecule has 0 unspecified atom stereocenters. The van der Waals surface area contributed by atoms with Crippen LogP contribution in [0.2, 0.25) is 0 Å². The first-order valence-corrected chi connectivity index (χ1v) is 11.8. The maximum Gasteiger partial charge on any atom is 0.311 e. The van der Waals surface area contributed by atoms with Gasteiger partial charge in [-0.25, -0.2) is 9.78 Å². The van der Waals surface area contributed by atoms with Crippen LogP contribution in [0, 0.1) is 23.7 Å². The van der Waals surface area contributed by atoms with Gasteiger partial charge in [0.2, 0.25) is 12.1 Å². The highest BCUT2D eigenvalue weighted by Crippen LogP contribution is 2.60. The average Bonchev–Trinajstić information content (AvgIpc) is 2.97. The lowest BCUT2D eigenvalue weighted by Crippen LogP contribution is -2.70. The molecule has 32 heavy (non-hydrogen) atoms. The van der Waals surface area contributed by atoms with Gasteiger partial charge < -0.3 is 14.4 Å². The van der Waals surface area contributed by atoms with Gasteiger partial charge in [0.05, 0.1) is 5.92 Å². The van der Waals surface area contributed by atoms with E-state index >= 15 is 0 Å². The Morgan fingerprint density at radius 3 is 2.53 bits per heavy atom.